The van der Waals surface area contributed by atoms with Gasteiger partial charge >= 0.3 is 0 Å². The number of rotatable bonds is 2. The topological polar surface area (TPSA) is 40.5 Å². The molecule has 0 aromatic carbocycles. The molecule has 0 bridgehead atoms. The van der Waals surface area contributed by atoms with Crippen molar-refractivity contribution >= 4 is 0 Å². The van der Waals surface area contributed by atoms with Gasteiger partial charge in [0.1, 0.15) is 0 Å². The molecule has 0 unspecified atom stereocenters. The summed E-state index contributed by atoms with van der Waals surface area (Å²) in [6.07, 6.45) is 3.46. The quantitative estimate of drug-likeness (QED) is 0.623. The van der Waals surface area contributed by atoms with Gasteiger partial charge in [0.15, 0.2) is 0 Å². The maximum absolute atomic E-state index is 9.14. The van der Waals surface area contributed by atoms with Crippen molar-refractivity contribution in [3.8, 4) is 0 Å². The molecule has 1 aliphatic carbocycles. The first kappa shape index (κ1) is 9.59. The number of allylic oxidation sites excluding steroid dienone is 1. The Morgan fingerprint density at radius 1 is 1.50 bits per heavy atom. The van der Waals surface area contributed by atoms with Crippen molar-refractivity contribution in [3.05, 3.63) is 11.8 Å². The second kappa shape index (κ2) is 3.94. The fourth-order valence-corrected chi connectivity index (χ4v) is 2.24. The normalized spacial score (nSPS) is 37.2. The predicted octanol–water partition coefficient (Wildman–Crippen LogP) is 2.10. The Kier molecular flexibility index (Phi) is 3.15. The van der Waals surface area contributed by atoms with Crippen molar-refractivity contribution in [1.82, 2.24) is 0 Å². The number of aliphatic hydroxyl groups is 2. The van der Waals surface area contributed by atoms with Gasteiger partial charge in [-0.25, -0.2) is 0 Å². The van der Waals surface area contributed by atoms with Gasteiger partial charge in [0.2, 0.25) is 0 Å². The molecule has 0 amide bonds. The molecule has 1 rings (SSSR count). The first-order valence-corrected chi connectivity index (χ1v) is 4.62. The molecule has 1 saturated carbocycles. The lowest BCUT2D eigenvalue weighted by Crippen LogP contribution is -2.18. The number of aliphatic hydroxyl groups excluding tert-OH is 2. The van der Waals surface area contributed by atoms with Gasteiger partial charge in [-0.1, -0.05) is 6.92 Å². The van der Waals surface area contributed by atoms with Crippen molar-refractivity contribution in [3.63, 3.8) is 0 Å². The van der Waals surface area contributed by atoms with Gasteiger partial charge in [-0.3, -0.25) is 0 Å². The van der Waals surface area contributed by atoms with Crippen molar-refractivity contribution in [2.24, 2.45) is 17.8 Å². The molecule has 0 aliphatic heterocycles. The molecule has 2 N–H and O–H groups in total. The summed E-state index contributed by atoms with van der Waals surface area (Å²) in [5, 5.41) is 18.0. The van der Waals surface area contributed by atoms with Crippen LogP contribution in [0.5, 0.6) is 0 Å². The van der Waals surface area contributed by atoms with Crippen LogP contribution in [0.25, 0.3) is 0 Å². The summed E-state index contributed by atoms with van der Waals surface area (Å²) in [6, 6.07) is 0. The third kappa shape index (κ3) is 1.63. The highest BCUT2D eigenvalue weighted by molar-refractivity contribution is 5.05. The molecule has 0 spiro atoms. The molecule has 3 atom stereocenters. The van der Waals surface area contributed by atoms with Crippen LogP contribution < -0.4 is 0 Å². The highest BCUT2D eigenvalue weighted by Crippen LogP contribution is 2.40. The minimum absolute atomic E-state index is 0.247. The molecule has 1 fully saturated rings. The van der Waals surface area contributed by atoms with E-state index in [1.165, 1.54) is 12.7 Å². The van der Waals surface area contributed by atoms with E-state index in [0.717, 1.165) is 12.0 Å². The summed E-state index contributed by atoms with van der Waals surface area (Å²) in [6.45, 7) is 4.36. The smallest absolute Gasteiger partial charge is 0.0783 e. The zero-order valence-electron chi connectivity index (χ0n) is 7.83. The van der Waals surface area contributed by atoms with Crippen molar-refractivity contribution in [1.29, 1.82) is 0 Å². The van der Waals surface area contributed by atoms with Gasteiger partial charge in [-0.05, 0) is 43.1 Å². The molecular formula is C10H18O2. The van der Waals surface area contributed by atoms with Crippen LogP contribution >= 0.6 is 0 Å². The predicted molar refractivity (Wildman–Crippen MR) is 48.8 cm³/mol. The minimum Gasteiger partial charge on any atom is -0.516 e. The van der Waals surface area contributed by atoms with Gasteiger partial charge in [0.05, 0.1) is 6.26 Å². The molecular weight excluding hydrogens is 152 g/mol. The SMILES string of the molecule is CC(=CO)[C@H]1CC[C@@H](C)[C@H]1CO. The van der Waals surface area contributed by atoms with Crippen molar-refractivity contribution in [2.75, 3.05) is 6.61 Å². The summed E-state index contributed by atoms with van der Waals surface area (Å²) < 4.78 is 0. The monoisotopic (exact) mass is 170 g/mol. The second-order valence-electron chi connectivity index (χ2n) is 3.88. The summed E-state index contributed by atoms with van der Waals surface area (Å²) in [7, 11) is 0. The molecule has 12 heavy (non-hydrogen) atoms. The van der Waals surface area contributed by atoms with Crippen LogP contribution in [-0.2, 0) is 0 Å². The first-order valence-electron chi connectivity index (χ1n) is 4.62. The molecule has 2 heteroatoms. The fraction of sp³-hybridized carbons (Fsp3) is 0.800. The van der Waals surface area contributed by atoms with E-state index in [2.05, 4.69) is 6.92 Å². The van der Waals surface area contributed by atoms with E-state index in [9.17, 15) is 0 Å². The van der Waals surface area contributed by atoms with E-state index in [-0.39, 0.29) is 6.61 Å². The molecule has 70 valence electrons. The van der Waals surface area contributed by atoms with E-state index in [1.54, 1.807) is 0 Å². The van der Waals surface area contributed by atoms with Crippen LogP contribution in [0.4, 0.5) is 0 Å². The van der Waals surface area contributed by atoms with E-state index < -0.39 is 0 Å². The van der Waals surface area contributed by atoms with Crippen molar-refractivity contribution in [2.45, 2.75) is 26.7 Å². The van der Waals surface area contributed by atoms with Gasteiger partial charge in [0, 0.05) is 6.61 Å². The molecule has 0 aromatic rings. The average molecular weight is 170 g/mol. The lowest BCUT2D eigenvalue weighted by molar-refractivity contribution is 0.177. The second-order valence-corrected chi connectivity index (χ2v) is 3.88. The minimum atomic E-state index is 0.247. The summed E-state index contributed by atoms with van der Waals surface area (Å²) in [4.78, 5) is 0. The van der Waals surface area contributed by atoms with Gasteiger partial charge in [-0.2, -0.15) is 0 Å². The molecule has 2 nitrogen and oxygen atoms in total. The lowest BCUT2D eigenvalue weighted by atomic mass is 9.87. The summed E-state index contributed by atoms with van der Waals surface area (Å²) >= 11 is 0. The highest BCUT2D eigenvalue weighted by atomic mass is 16.3. The van der Waals surface area contributed by atoms with E-state index in [1.807, 2.05) is 6.92 Å². The molecule has 1 aliphatic rings. The first-order chi connectivity index (χ1) is 5.70. The van der Waals surface area contributed by atoms with E-state index >= 15 is 0 Å². The van der Waals surface area contributed by atoms with Crippen LogP contribution in [0.2, 0.25) is 0 Å². The Labute approximate surface area is 73.9 Å². The number of hydrogen-bond donors (Lipinski definition) is 2. The average Bonchev–Trinajstić information content (AvgIpc) is 2.45. The Morgan fingerprint density at radius 3 is 2.67 bits per heavy atom. The molecule has 0 aromatic heterocycles. The Balaban J connectivity index is 2.66. The summed E-state index contributed by atoms with van der Waals surface area (Å²) in [5.41, 5.74) is 1.01. The Bertz CT molecular complexity index is 175. The van der Waals surface area contributed by atoms with Crippen LogP contribution in [-0.4, -0.2) is 16.8 Å². The zero-order valence-corrected chi connectivity index (χ0v) is 7.83. The van der Waals surface area contributed by atoms with Crippen LogP contribution in [0.15, 0.2) is 11.8 Å². The number of hydrogen-bond acceptors (Lipinski definition) is 2. The van der Waals surface area contributed by atoms with E-state index in [0.29, 0.717) is 17.8 Å². The van der Waals surface area contributed by atoms with Gasteiger partial charge < -0.3 is 10.2 Å². The van der Waals surface area contributed by atoms with Gasteiger partial charge in [-0.15, -0.1) is 0 Å². The maximum Gasteiger partial charge on any atom is 0.0783 e. The van der Waals surface area contributed by atoms with E-state index in [4.69, 9.17) is 10.2 Å². The van der Waals surface area contributed by atoms with Gasteiger partial charge in [0.25, 0.3) is 0 Å². The maximum atomic E-state index is 9.14. The van der Waals surface area contributed by atoms with Crippen LogP contribution in [0.1, 0.15) is 26.7 Å². The standard InChI is InChI=1S/C10H18O2/c1-7-3-4-9(8(2)5-11)10(7)6-12/h5,7,9-12H,3-4,6H2,1-2H3/t7-,9-,10-/m1/s1. The molecule has 0 radical (unpaired) electrons. The highest BCUT2D eigenvalue weighted by Gasteiger charge is 2.33. The molecule has 0 saturated heterocycles. The van der Waals surface area contributed by atoms with Crippen molar-refractivity contribution < 1.29 is 10.2 Å². The molecule has 0 heterocycles. The fourth-order valence-electron chi connectivity index (χ4n) is 2.24. The Hall–Kier alpha value is -0.500. The third-order valence-electron chi connectivity index (χ3n) is 3.18. The summed E-state index contributed by atoms with van der Waals surface area (Å²) in [5.74, 6) is 1.35. The zero-order chi connectivity index (χ0) is 9.14. The lowest BCUT2D eigenvalue weighted by Gasteiger charge is -2.20. The largest absolute Gasteiger partial charge is 0.516 e. The van der Waals surface area contributed by atoms with Crippen LogP contribution in [0.3, 0.4) is 0 Å². The third-order valence-corrected chi connectivity index (χ3v) is 3.18. The van der Waals surface area contributed by atoms with Crippen LogP contribution in [0, 0.1) is 17.8 Å². The Morgan fingerprint density at radius 2 is 2.17 bits per heavy atom.